The highest BCUT2D eigenvalue weighted by atomic mass is 16.1. The van der Waals surface area contributed by atoms with Gasteiger partial charge in [0.05, 0.1) is 6.04 Å². The van der Waals surface area contributed by atoms with Crippen molar-refractivity contribution in [1.29, 1.82) is 0 Å². The maximum absolute atomic E-state index is 11.6. The highest BCUT2D eigenvalue weighted by molar-refractivity contribution is 5.87. The summed E-state index contributed by atoms with van der Waals surface area (Å²) in [7, 11) is 0. The molecule has 0 aromatic carbocycles. The van der Waals surface area contributed by atoms with Gasteiger partial charge in [-0.2, -0.15) is 0 Å². The first-order valence-corrected chi connectivity index (χ1v) is 5.08. The third-order valence-corrected chi connectivity index (χ3v) is 3.49. The molecule has 2 aliphatic carbocycles. The van der Waals surface area contributed by atoms with E-state index in [9.17, 15) is 4.79 Å². The Bertz CT molecular complexity index is 190. The Labute approximate surface area is 73.5 Å². The van der Waals surface area contributed by atoms with Gasteiger partial charge in [-0.05, 0) is 31.6 Å². The van der Waals surface area contributed by atoms with Crippen LogP contribution in [0.15, 0.2) is 0 Å². The zero-order valence-electron chi connectivity index (χ0n) is 7.46. The lowest BCUT2D eigenvalue weighted by atomic mass is 9.69. The number of fused-ring (bicyclic) bond motifs is 1. The van der Waals surface area contributed by atoms with Crippen LogP contribution >= 0.6 is 0 Å². The molecule has 2 nitrogen and oxygen atoms in total. The largest absolute Gasteiger partial charge is 0.321 e. The minimum atomic E-state index is -0.135. The molecule has 2 N–H and O–H groups in total. The van der Waals surface area contributed by atoms with Crippen LogP contribution in [-0.4, -0.2) is 11.8 Å². The molecule has 2 fully saturated rings. The van der Waals surface area contributed by atoms with Gasteiger partial charge in [-0.15, -0.1) is 0 Å². The van der Waals surface area contributed by atoms with Crippen molar-refractivity contribution in [3.8, 4) is 0 Å². The highest BCUT2D eigenvalue weighted by Gasteiger charge is 2.37. The van der Waals surface area contributed by atoms with E-state index in [1.54, 1.807) is 0 Å². The Hall–Kier alpha value is -0.370. The Balaban J connectivity index is 2.08. The number of nitrogens with two attached hydrogens (primary N) is 1. The third-order valence-electron chi connectivity index (χ3n) is 3.49. The Morgan fingerprint density at radius 3 is 2.67 bits per heavy atom. The van der Waals surface area contributed by atoms with Crippen LogP contribution in [0.1, 0.15) is 38.5 Å². The quantitative estimate of drug-likeness (QED) is 0.594. The molecule has 0 aromatic heterocycles. The lowest BCUT2D eigenvalue weighted by molar-refractivity contribution is -0.129. The molecule has 68 valence electrons. The second-order valence-corrected chi connectivity index (χ2v) is 4.24. The summed E-state index contributed by atoms with van der Waals surface area (Å²) in [6, 6.07) is -0.135. The van der Waals surface area contributed by atoms with E-state index in [2.05, 4.69) is 0 Å². The molecule has 2 saturated carbocycles. The van der Waals surface area contributed by atoms with Gasteiger partial charge < -0.3 is 5.73 Å². The fraction of sp³-hybridized carbons (Fsp3) is 0.900. The average molecular weight is 167 g/mol. The van der Waals surface area contributed by atoms with Gasteiger partial charge in [0.1, 0.15) is 0 Å². The third kappa shape index (κ3) is 1.28. The normalized spacial score (nSPS) is 42.4. The Morgan fingerprint density at radius 2 is 1.83 bits per heavy atom. The lowest BCUT2D eigenvalue weighted by Crippen LogP contribution is -2.44. The highest BCUT2D eigenvalue weighted by Crippen LogP contribution is 2.37. The first-order chi connectivity index (χ1) is 5.79. The summed E-state index contributed by atoms with van der Waals surface area (Å²) in [6.45, 7) is 0. The first kappa shape index (κ1) is 8.24. The van der Waals surface area contributed by atoms with Crippen molar-refractivity contribution >= 4 is 5.78 Å². The van der Waals surface area contributed by atoms with Gasteiger partial charge in [0.2, 0.25) is 0 Å². The van der Waals surface area contributed by atoms with Crippen LogP contribution < -0.4 is 5.73 Å². The Kier molecular flexibility index (Phi) is 2.18. The number of rotatable bonds is 0. The number of Topliss-reactive ketones (excluding diaryl/α,β-unsaturated/α-hetero) is 1. The van der Waals surface area contributed by atoms with Crippen molar-refractivity contribution in [1.82, 2.24) is 0 Å². The van der Waals surface area contributed by atoms with Crippen LogP contribution in [-0.2, 0) is 4.79 Å². The van der Waals surface area contributed by atoms with Crippen LogP contribution in [0.5, 0.6) is 0 Å². The molecule has 0 saturated heterocycles. The van der Waals surface area contributed by atoms with Crippen molar-refractivity contribution < 1.29 is 4.79 Å². The van der Waals surface area contributed by atoms with Crippen molar-refractivity contribution in [2.24, 2.45) is 17.6 Å². The van der Waals surface area contributed by atoms with Crippen LogP contribution in [0, 0.1) is 11.8 Å². The molecule has 2 heteroatoms. The van der Waals surface area contributed by atoms with E-state index in [0.29, 0.717) is 17.6 Å². The van der Waals surface area contributed by atoms with Crippen molar-refractivity contribution in [2.45, 2.75) is 44.6 Å². The smallest absolute Gasteiger partial charge is 0.152 e. The molecule has 0 bridgehead atoms. The number of hydrogen-bond acceptors (Lipinski definition) is 2. The van der Waals surface area contributed by atoms with Gasteiger partial charge in [-0.3, -0.25) is 4.79 Å². The van der Waals surface area contributed by atoms with E-state index in [1.807, 2.05) is 0 Å². The van der Waals surface area contributed by atoms with Gasteiger partial charge in [0, 0.05) is 5.92 Å². The van der Waals surface area contributed by atoms with Crippen molar-refractivity contribution in [2.75, 3.05) is 0 Å². The van der Waals surface area contributed by atoms with Gasteiger partial charge in [0.15, 0.2) is 5.78 Å². The molecular weight excluding hydrogens is 150 g/mol. The molecule has 3 unspecified atom stereocenters. The molecule has 0 aromatic rings. The summed E-state index contributed by atoms with van der Waals surface area (Å²) in [5, 5.41) is 0. The van der Waals surface area contributed by atoms with Crippen molar-refractivity contribution in [3.63, 3.8) is 0 Å². The first-order valence-electron chi connectivity index (χ1n) is 5.08. The summed E-state index contributed by atoms with van der Waals surface area (Å²) >= 11 is 0. The van der Waals surface area contributed by atoms with Gasteiger partial charge in [0.25, 0.3) is 0 Å². The van der Waals surface area contributed by atoms with E-state index in [4.69, 9.17) is 5.73 Å². The zero-order chi connectivity index (χ0) is 8.55. The van der Waals surface area contributed by atoms with E-state index in [0.717, 1.165) is 12.8 Å². The summed E-state index contributed by atoms with van der Waals surface area (Å²) in [5.41, 5.74) is 5.74. The molecule has 12 heavy (non-hydrogen) atoms. The van der Waals surface area contributed by atoms with Crippen LogP contribution in [0.2, 0.25) is 0 Å². The molecule has 2 aliphatic rings. The van der Waals surface area contributed by atoms with E-state index in [-0.39, 0.29) is 6.04 Å². The van der Waals surface area contributed by atoms with Crippen molar-refractivity contribution in [3.05, 3.63) is 0 Å². The van der Waals surface area contributed by atoms with E-state index >= 15 is 0 Å². The monoisotopic (exact) mass is 167 g/mol. The van der Waals surface area contributed by atoms with Crippen LogP contribution in [0.3, 0.4) is 0 Å². The minimum Gasteiger partial charge on any atom is -0.321 e. The average Bonchev–Trinajstić information content (AvgIpc) is 2.12. The second-order valence-electron chi connectivity index (χ2n) is 4.24. The fourth-order valence-corrected chi connectivity index (χ4v) is 2.74. The van der Waals surface area contributed by atoms with Gasteiger partial charge >= 0.3 is 0 Å². The molecule has 0 amide bonds. The number of carbonyl (C=O) groups excluding carboxylic acids is 1. The molecular formula is C10H17NO. The Morgan fingerprint density at radius 1 is 1.08 bits per heavy atom. The molecule has 0 radical (unpaired) electrons. The predicted molar refractivity (Wildman–Crippen MR) is 47.7 cm³/mol. The topological polar surface area (TPSA) is 43.1 Å². The number of ketones is 1. The number of carbonyl (C=O) groups is 1. The SMILES string of the molecule is NC1CCC2CCCCC2C1=O. The zero-order valence-corrected chi connectivity index (χ0v) is 7.46. The minimum absolute atomic E-state index is 0.135. The van der Waals surface area contributed by atoms with E-state index in [1.165, 1.54) is 25.7 Å². The predicted octanol–water partition coefficient (Wildman–Crippen LogP) is 1.48. The lowest BCUT2D eigenvalue weighted by Gasteiger charge is -2.36. The second kappa shape index (κ2) is 3.17. The molecule has 0 spiro atoms. The number of hydrogen-bond donors (Lipinski definition) is 1. The summed E-state index contributed by atoms with van der Waals surface area (Å²) in [4.78, 5) is 11.6. The summed E-state index contributed by atoms with van der Waals surface area (Å²) in [5.74, 6) is 1.37. The molecule has 3 atom stereocenters. The maximum Gasteiger partial charge on any atom is 0.152 e. The van der Waals surface area contributed by atoms with E-state index < -0.39 is 0 Å². The molecule has 0 aliphatic heterocycles. The molecule has 0 heterocycles. The van der Waals surface area contributed by atoms with Crippen LogP contribution in [0.4, 0.5) is 0 Å². The molecule has 2 rings (SSSR count). The summed E-state index contributed by atoms with van der Waals surface area (Å²) < 4.78 is 0. The van der Waals surface area contributed by atoms with Gasteiger partial charge in [-0.1, -0.05) is 12.8 Å². The fourth-order valence-electron chi connectivity index (χ4n) is 2.74. The standard InChI is InChI=1S/C10H17NO/c11-9-6-5-7-3-1-2-4-8(7)10(9)12/h7-9H,1-6,11H2. The maximum atomic E-state index is 11.6. The van der Waals surface area contributed by atoms with Gasteiger partial charge in [-0.25, -0.2) is 0 Å². The van der Waals surface area contributed by atoms with Crippen LogP contribution in [0.25, 0.3) is 0 Å². The summed E-state index contributed by atoms with van der Waals surface area (Å²) in [6.07, 6.45) is 7.06.